The molecule has 0 amide bonds. The van der Waals surface area contributed by atoms with Crippen LogP contribution >= 0.6 is 0 Å². The van der Waals surface area contributed by atoms with Crippen molar-refractivity contribution in [2.45, 2.75) is 20.0 Å². The topological polar surface area (TPSA) is 38.7 Å². The summed E-state index contributed by atoms with van der Waals surface area (Å²) in [6, 6.07) is 3.66. The van der Waals surface area contributed by atoms with Gasteiger partial charge in [0.1, 0.15) is 0 Å². The van der Waals surface area contributed by atoms with Gasteiger partial charge in [0.25, 0.3) is 0 Å². The van der Waals surface area contributed by atoms with Crippen molar-refractivity contribution in [3.63, 3.8) is 0 Å². The van der Waals surface area contributed by atoms with Gasteiger partial charge in [0, 0.05) is 5.56 Å². The molecule has 1 N–H and O–H groups in total. The monoisotopic (exact) mass is 222 g/mol. The number of aliphatic hydroxyl groups is 1. The first kappa shape index (κ1) is 12.6. The molecule has 16 heavy (non-hydrogen) atoms. The van der Waals surface area contributed by atoms with Gasteiger partial charge < -0.3 is 14.6 Å². The molecule has 0 aliphatic rings. The van der Waals surface area contributed by atoms with Crippen LogP contribution in [-0.2, 0) is 13.0 Å². The van der Waals surface area contributed by atoms with Crippen molar-refractivity contribution in [1.82, 2.24) is 0 Å². The SMILES string of the molecule is C=CCc1c(CO)ccc(OC)c1OCC. The van der Waals surface area contributed by atoms with E-state index >= 15 is 0 Å². The van der Waals surface area contributed by atoms with Crippen LogP contribution in [0.5, 0.6) is 11.5 Å². The van der Waals surface area contributed by atoms with Crippen molar-refractivity contribution in [2.75, 3.05) is 13.7 Å². The van der Waals surface area contributed by atoms with Gasteiger partial charge in [0.05, 0.1) is 20.3 Å². The van der Waals surface area contributed by atoms with Crippen molar-refractivity contribution < 1.29 is 14.6 Å². The van der Waals surface area contributed by atoms with Crippen LogP contribution in [0.3, 0.4) is 0 Å². The number of aliphatic hydroxyl groups excluding tert-OH is 1. The fourth-order valence-corrected chi connectivity index (χ4v) is 1.63. The Hall–Kier alpha value is -1.48. The van der Waals surface area contributed by atoms with E-state index in [0.717, 1.165) is 11.1 Å². The first-order chi connectivity index (χ1) is 7.78. The number of rotatable bonds is 6. The number of hydrogen-bond donors (Lipinski definition) is 1. The lowest BCUT2D eigenvalue weighted by molar-refractivity contribution is 0.275. The van der Waals surface area contributed by atoms with Crippen molar-refractivity contribution in [1.29, 1.82) is 0 Å². The molecule has 0 unspecified atom stereocenters. The number of allylic oxidation sites excluding steroid dienone is 1. The molecule has 0 saturated carbocycles. The highest BCUT2D eigenvalue weighted by atomic mass is 16.5. The van der Waals surface area contributed by atoms with Gasteiger partial charge >= 0.3 is 0 Å². The van der Waals surface area contributed by atoms with Crippen LogP contribution in [0.2, 0.25) is 0 Å². The van der Waals surface area contributed by atoms with E-state index in [1.807, 2.05) is 19.1 Å². The molecule has 0 atom stereocenters. The van der Waals surface area contributed by atoms with Crippen molar-refractivity contribution in [2.24, 2.45) is 0 Å². The Morgan fingerprint density at radius 1 is 1.44 bits per heavy atom. The first-order valence-corrected chi connectivity index (χ1v) is 5.31. The van der Waals surface area contributed by atoms with E-state index < -0.39 is 0 Å². The van der Waals surface area contributed by atoms with Gasteiger partial charge in [0.2, 0.25) is 0 Å². The average molecular weight is 222 g/mol. The quantitative estimate of drug-likeness (QED) is 0.751. The summed E-state index contributed by atoms with van der Waals surface area (Å²) in [5.74, 6) is 1.40. The molecule has 1 aromatic carbocycles. The van der Waals surface area contributed by atoms with Crippen LogP contribution in [0.15, 0.2) is 24.8 Å². The van der Waals surface area contributed by atoms with Crippen molar-refractivity contribution in [3.8, 4) is 11.5 Å². The smallest absolute Gasteiger partial charge is 0.164 e. The molecule has 0 saturated heterocycles. The van der Waals surface area contributed by atoms with Crippen LogP contribution < -0.4 is 9.47 Å². The number of benzene rings is 1. The Kier molecular flexibility index (Phi) is 4.86. The summed E-state index contributed by atoms with van der Waals surface area (Å²) in [4.78, 5) is 0. The van der Waals surface area contributed by atoms with Crippen molar-refractivity contribution >= 4 is 0 Å². The molecule has 0 aliphatic heterocycles. The summed E-state index contributed by atoms with van der Waals surface area (Å²) in [6.45, 7) is 6.19. The van der Waals surface area contributed by atoms with E-state index in [1.54, 1.807) is 13.2 Å². The van der Waals surface area contributed by atoms with Gasteiger partial charge in [-0.25, -0.2) is 0 Å². The standard InChI is InChI=1S/C13H18O3/c1-4-6-11-10(9-14)7-8-12(15-3)13(11)16-5-2/h4,7-8,14H,1,5-6,9H2,2-3H3. The van der Waals surface area contributed by atoms with Crippen LogP contribution in [0, 0.1) is 0 Å². The second kappa shape index (κ2) is 6.18. The second-order valence-electron chi connectivity index (χ2n) is 3.32. The summed E-state index contributed by atoms with van der Waals surface area (Å²) >= 11 is 0. The maximum absolute atomic E-state index is 9.27. The third kappa shape index (κ3) is 2.55. The van der Waals surface area contributed by atoms with E-state index in [4.69, 9.17) is 9.47 Å². The van der Waals surface area contributed by atoms with Gasteiger partial charge in [-0.2, -0.15) is 0 Å². The largest absolute Gasteiger partial charge is 0.493 e. The van der Waals surface area contributed by atoms with E-state index in [-0.39, 0.29) is 6.61 Å². The number of ether oxygens (including phenoxy) is 2. The lowest BCUT2D eigenvalue weighted by Gasteiger charge is -2.16. The zero-order chi connectivity index (χ0) is 12.0. The normalized spacial score (nSPS) is 9.94. The van der Waals surface area contributed by atoms with Gasteiger partial charge in [-0.05, 0) is 25.0 Å². The molecular weight excluding hydrogens is 204 g/mol. The molecule has 0 bridgehead atoms. The number of methoxy groups -OCH3 is 1. The minimum Gasteiger partial charge on any atom is -0.493 e. The Morgan fingerprint density at radius 3 is 2.69 bits per heavy atom. The zero-order valence-corrected chi connectivity index (χ0v) is 9.82. The van der Waals surface area contributed by atoms with Gasteiger partial charge in [-0.1, -0.05) is 12.1 Å². The molecule has 0 radical (unpaired) electrons. The highest BCUT2D eigenvalue weighted by Gasteiger charge is 2.13. The summed E-state index contributed by atoms with van der Waals surface area (Å²) in [7, 11) is 1.61. The van der Waals surface area contributed by atoms with Crippen LogP contribution in [-0.4, -0.2) is 18.8 Å². The van der Waals surface area contributed by atoms with Gasteiger partial charge in [-0.15, -0.1) is 6.58 Å². The summed E-state index contributed by atoms with van der Waals surface area (Å²) in [5.41, 5.74) is 1.79. The predicted octanol–water partition coefficient (Wildman–Crippen LogP) is 2.31. The van der Waals surface area contributed by atoms with E-state index in [1.165, 1.54) is 0 Å². The molecule has 0 aliphatic carbocycles. The molecule has 3 nitrogen and oxygen atoms in total. The second-order valence-corrected chi connectivity index (χ2v) is 3.32. The average Bonchev–Trinajstić information content (AvgIpc) is 2.31. The van der Waals surface area contributed by atoms with E-state index in [2.05, 4.69) is 6.58 Å². The Bertz CT molecular complexity index is 358. The highest BCUT2D eigenvalue weighted by Crippen LogP contribution is 2.34. The third-order valence-corrected chi connectivity index (χ3v) is 2.35. The fraction of sp³-hybridized carbons (Fsp3) is 0.385. The fourth-order valence-electron chi connectivity index (χ4n) is 1.63. The maximum Gasteiger partial charge on any atom is 0.164 e. The Labute approximate surface area is 96.3 Å². The van der Waals surface area contributed by atoms with E-state index in [0.29, 0.717) is 24.5 Å². The lowest BCUT2D eigenvalue weighted by Crippen LogP contribution is -2.03. The zero-order valence-electron chi connectivity index (χ0n) is 9.82. The molecule has 0 fully saturated rings. The van der Waals surface area contributed by atoms with Crippen molar-refractivity contribution in [3.05, 3.63) is 35.9 Å². The molecule has 0 heterocycles. The molecular formula is C13H18O3. The summed E-state index contributed by atoms with van der Waals surface area (Å²) in [6.07, 6.45) is 2.44. The first-order valence-electron chi connectivity index (χ1n) is 5.31. The molecule has 1 aromatic rings. The van der Waals surface area contributed by atoms with Gasteiger partial charge in [0.15, 0.2) is 11.5 Å². The summed E-state index contributed by atoms with van der Waals surface area (Å²) < 4.78 is 10.8. The number of hydrogen-bond acceptors (Lipinski definition) is 3. The van der Waals surface area contributed by atoms with Crippen LogP contribution in [0.4, 0.5) is 0 Å². The lowest BCUT2D eigenvalue weighted by atomic mass is 10.0. The minimum absolute atomic E-state index is 0.00670. The van der Waals surface area contributed by atoms with E-state index in [9.17, 15) is 5.11 Å². The summed E-state index contributed by atoms with van der Waals surface area (Å²) in [5, 5.41) is 9.27. The molecule has 3 heteroatoms. The van der Waals surface area contributed by atoms with Gasteiger partial charge in [-0.3, -0.25) is 0 Å². The third-order valence-electron chi connectivity index (χ3n) is 2.35. The molecule has 0 spiro atoms. The predicted molar refractivity (Wildman–Crippen MR) is 64.0 cm³/mol. The minimum atomic E-state index is -0.00670. The Morgan fingerprint density at radius 2 is 2.19 bits per heavy atom. The highest BCUT2D eigenvalue weighted by molar-refractivity contribution is 5.51. The molecule has 1 rings (SSSR count). The Balaban J connectivity index is 3.27. The van der Waals surface area contributed by atoms with Crippen LogP contribution in [0.25, 0.3) is 0 Å². The maximum atomic E-state index is 9.27. The molecule has 0 aromatic heterocycles. The molecule has 88 valence electrons. The van der Waals surface area contributed by atoms with Crippen LogP contribution in [0.1, 0.15) is 18.1 Å².